The summed E-state index contributed by atoms with van der Waals surface area (Å²) in [5.74, 6) is -0.183. The molecule has 0 aliphatic rings. The Bertz CT molecular complexity index is 559. The van der Waals surface area contributed by atoms with Gasteiger partial charge in [-0.2, -0.15) is 4.31 Å². The molecule has 0 saturated heterocycles. The highest BCUT2D eigenvalue weighted by atomic mass is 35.5. The Morgan fingerprint density at radius 3 is 2.20 bits per heavy atom. The Hall–Kier alpha value is -0.890. The fourth-order valence-corrected chi connectivity index (χ4v) is 3.84. The van der Waals surface area contributed by atoms with E-state index in [2.05, 4.69) is 0 Å². The van der Waals surface area contributed by atoms with Gasteiger partial charge in [-0.15, -0.1) is 23.2 Å². The van der Waals surface area contributed by atoms with Crippen LogP contribution in [0.4, 0.5) is 5.69 Å². The largest absolute Gasteiger partial charge is 0.273 e. The molecule has 0 N–H and O–H groups in total. The van der Waals surface area contributed by atoms with Gasteiger partial charge < -0.3 is 0 Å². The lowest BCUT2D eigenvalue weighted by Gasteiger charge is -2.20. The van der Waals surface area contributed by atoms with Crippen molar-refractivity contribution in [2.75, 3.05) is 24.8 Å². The first-order chi connectivity index (χ1) is 9.42. The maximum Gasteiger partial charge on any atom is 0.273 e. The minimum atomic E-state index is -3.70. The van der Waals surface area contributed by atoms with Crippen molar-refractivity contribution in [2.24, 2.45) is 0 Å². The molecule has 0 atom stereocenters. The van der Waals surface area contributed by atoms with E-state index < -0.39 is 20.7 Å². The van der Waals surface area contributed by atoms with Crippen LogP contribution in [-0.4, -0.2) is 42.5 Å². The van der Waals surface area contributed by atoms with Crippen LogP contribution >= 0.6 is 23.2 Å². The Labute approximate surface area is 127 Å². The van der Waals surface area contributed by atoms with Crippen molar-refractivity contribution in [3.05, 3.63) is 39.9 Å². The number of nitrogens with zero attached hydrogens (tertiary/aromatic N) is 2. The topological polar surface area (TPSA) is 80.5 Å². The van der Waals surface area contributed by atoms with Crippen molar-refractivity contribution in [2.45, 2.75) is 5.75 Å². The summed E-state index contributed by atoms with van der Waals surface area (Å²) in [5.41, 5.74) is -0.0700. The molecule has 1 aromatic rings. The third-order valence-electron chi connectivity index (χ3n) is 2.59. The van der Waals surface area contributed by atoms with Gasteiger partial charge in [0.25, 0.3) is 5.69 Å². The summed E-state index contributed by atoms with van der Waals surface area (Å²) in [6.07, 6.45) is 0. The van der Waals surface area contributed by atoms with Gasteiger partial charge in [0.05, 0.1) is 10.7 Å². The van der Waals surface area contributed by atoms with E-state index >= 15 is 0 Å². The quantitative estimate of drug-likeness (QED) is 0.412. The highest BCUT2D eigenvalue weighted by molar-refractivity contribution is 7.88. The number of sulfonamides is 1. The predicted molar refractivity (Wildman–Crippen MR) is 78.7 cm³/mol. The minimum absolute atomic E-state index is 0.122. The van der Waals surface area contributed by atoms with E-state index in [1.807, 2.05) is 0 Å². The van der Waals surface area contributed by atoms with Crippen LogP contribution in [0.5, 0.6) is 0 Å². The van der Waals surface area contributed by atoms with Crippen molar-refractivity contribution in [1.82, 2.24) is 4.31 Å². The monoisotopic (exact) mass is 340 g/mol. The van der Waals surface area contributed by atoms with Gasteiger partial charge in [0.1, 0.15) is 0 Å². The fraction of sp³-hybridized carbons (Fsp3) is 0.455. The summed E-state index contributed by atoms with van der Waals surface area (Å²) in [6.45, 7) is 0.245. The highest BCUT2D eigenvalue weighted by Crippen LogP contribution is 2.21. The second kappa shape index (κ2) is 7.78. The van der Waals surface area contributed by atoms with Crippen LogP contribution < -0.4 is 0 Å². The SMILES string of the molecule is O=[N+]([O-])c1ccccc1CS(=O)(=O)N(CCCl)CCCl. The molecule has 112 valence electrons. The van der Waals surface area contributed by atoms with Crippen LogP contribution in [0.25, 0.3) is 0 Å². The summed E-state index contributed by atoms with van der Waals surface area (Å²) in [6, 6.07) is 5.75. The van der Waals surface area contributed by atoms with Crippen LogP contribution in [0.15, 0.2) is 24.3 Å². The number of alkyl halides is 2. The zero-order valence-electron chi connectivity index (χ0n) is 10.5. The number of para-hydroxylation sites is 1. The second-order valence-corrected chi connectivity index (χ2v) is 6.64. The first-order valence-electron chi connectivity index (χ1n) is 5.74. The molecule has 0 saturated carbocycles. The lowest BCUT2D eigenvalue weighted by atomic mass is 10.2. The maximum atomic E-state index is 12.2. The molecule has 0 amide bonds. The molecule has 0 fully saturated rings. The van der Waals surface area contributed by atoms with Crippen LogP contribution in [0, 0.1) is 10.1 Å². The summed E-state index contributed by atoms with van der Waals surface area (Å²) in [5, 5.41) is 10.9. The highest BCUT2D eigenvalue weighted by Gasteiger charge is 2.25. The van der Waals surface area contributed by atoms with Crippen molar-refractivity contribution in [1.29, 1.82) is 0 Å². The smallest absolute Gasteiger partial charge is 0.258 e. The first-order valence-corrected chi connectivity index (χ1v) is 8.42. The summed E-state index contributed by atoms with van der Waals surface area (Å²) in [7, 11) is -3.70. The summed E-state index contributed by atoms with van der Waals surface area (Å²) >= 11 is 11.1. The average molecular weight is 341 g/mol. The second-order valence-electron chi connectivity index (χ2n) is 3.92. The van der Waals surface area contributed by atoms with Gasteiger partial charge in [-0.05, 0) is 0 Å². The van der Waals surface area contributed by atoms with Gasteiger partial charge in [0.2, 0.25) is 10.0 Å². The standard InChI is InChI=1S/C11H14Cl2N2O4S/c12-5-7-14(8-6-13)20(18,19)9-10-3-1-2-4-11(10)15(16)17/h1-4H,5-9H2. The van der Waals surface area contributed by atoms with E-state index in [1.54, 1.807) is 6.07 Å². The van der Waals surface area contributed by atoms with Gasteiger partial charge in [0.15, 0.2) is 0 Å². The third kappa shape index (κ3) is 4.59. The average Bonchev–Trinajstić information content (AvgIpc) is 2.38. The Morgan fingerprint density at radius 2 is 1.70 bits per heavy atom. The molecule has 1 rings (SSSR count). The molecule has 0 aliphatic carbocycles. The first kappa shape index (κ1) is 17.2. The molecular weight excluding hydrogens is 327 g/mol. The van der Waals surface area contributed by atoms with E-state index in [0.717, 1.165) is 4.31 Å². The summed E-state index contributed by atoms with van der Waals surface area (Å²) in [4.78, 5) is 10.3. The predicted octanol–water partition coefficient (Wildman–Crippen LogP) is 2.20. The van der Waals surface area contributed by atoms with Crippen molar-refractivity contribution in [3.63, 3.8) is 0 Å². The molecule has 9 heteroatoms. The summed E-state index contributed by atoms with van der Waals surface area (Å²) < 4.78 is 25.6. The van der Waals surface area contributed by atoms with Crippen LogP contribution in [-0.2, 0) is 15.8 Å². The van der Waals surface area contributed by atoms with Gasteiger partial charge in [0, 0.05) is 36.5 Å². The van der Waals surface area contributed by atoms with Gasteiger partial charge in [-0.25, -0.2) is 8.42 Å². The number of halogens is 2. The maximum absolute atomic E-state index is 12.2. The fourth-order valence-electron chi connectivity index (χ4n) is 1.68. The molecule has 0 bridgehead atoms. The van der Waals surface area contributed by atoms with Gasteiger partial charge in [-0.1, -0.05) is 18.2 Å². The molecule has 0 aromatic heterocycles. The van der Waals surface area contributed by atoms with E-state index in [0.29, 0.717) is 0 Å². The number of rotatable bonds is 8. The molecule has 20 heavy (non-hydrogen) atoms. The molecular formula is C11H14Cl2N2O4S. The molecule has 1 aromatic carbocycles. The zero-order valence-corrected chi connectivity index (χ0v) is 12.9. The van der Waals surface area contributed by atoms with Crippen molar-refractivity contribution < 1.29 is 13.3 Å². The number of hydrogen-bond acceptors (Lipinski definition) is 4. The molecule has 0 aliphatic heterocycles. The normalized spacial score (nSPS) is 11.8. The number of hydrogen-bond donors (Lipinski definition) is 0. The molecule has 0 spiro atoms. The van der Waals surface area contributed by atoms with Crippen molar-refractivity contribution >= 4 is 38.9 Å². The van der Waals surface area contributed by atoms with Crippen LogP contribution in [0.3, 0.4) is 0 Å². The number of nitro benzene ring substituents is 1. The Kier molecular flexibility index (Phi) is 6.67. The van der Waals surface area contributed by atoms with Gasteiger partial charge in [-0.3, -0.25) is 10.1 Å². The Balaban J connectivity index is 3.03. The lowest BCUT2D eigenvalue weighted by molar-refractivity contribution is -0.385. The van der Waals surface area contributed by atoms with E-state index in [1.165, 1.54) is 18.2 Å². The molecule has 6 nitrogen and oxygen atoms in total. The van der Waals surface area contributed by atoms with E-state index in [-0.39, 0.29) is 36.1 Å². The van der Waals surface area contributed by atoms with Gasteiger partial charge >= 0.3 is 0 Å². The zero-order chi connectivity index (χ0) is 15.2. The van der Waals surface area contributed by atoms with Crippen molar-refractivity contribution in [3.8, 4) is 0 Å². The minimum Gasteiger partial charge on any atom is -0.258 e. The molecule has 0 radical (unpaired) electrons. The number of nitro groups is 1. The third-order valence-corrected chi connectivity index (χ3v) is 4.75. The van der Waals surface area contributed by atoms with E-state index in [4.69, 9.17) is 23.2 Å². The van der Waals surface area contributed by atoms with E-state index in [9.17, 15) is 18.5 Å². The molecule has 0 heterocycles. The Morgan fingerprint density at radius 1 is 1.15 bits per heavy atom. The van der Waals surface area contributed by atoms with Crippen LogP contribution in [0.1, 0.15) is 5.56 Å². The molecule has 0 unspecified atom stereocenters. The number of benzene rings is 1. The van der Waals surface area contributed by atoms with Crippen LogP contribution in [0.2, 0.25) is 0 Å². The lowest BCUT2D eigenvalue weighted by Crippen LogP contribution is -2.35.